The highest BCUT2D eigenvalue weighted by atomic mass is 35.5. The molecule has 2 unspecified atom stereocenters. The maximum atomic E-state index is 11.6. The van der Waals surface area contributed by atoms with Crippen LogP contribution >= 0.6 is 11.6 Å². The first-order valence-electron chi connectivity index (χ1n) is 7.89. The summed E-state index contributed by atoms with van der Waals surface area (Å²) in [5.74, 6) is 0. The first-order valence-corrected chi connectivity index (χ1v) is 8.27. The van der Waals surface area contributed by atoms with E-state index in [0.717, 1.165) is 5.56 Å². The van der Waals surface area contributed by atoms with Gasteiger partial charge in [0.2, 0.25) is 0 Å². The van der Waals surface area contributed by atoms with Crippen molar-refractivity contribution < 1.29 is 14.6 Å². The lowest BCUT2D eigenvalue weighted by Gasteiger charge is -2.45. The Morgan fingerprint density at radius 2 is 2.08 bits per heavy atom. The lowest BCUT2D eigenvalue weighted by molar-refractivity contribution is -0.160. The summed E-state index contributed by atoms with van der Waals surface area (Å²) in [4.78, 5) is 3.96. The van der Waals surface area contributed by atoms with Gasteiger partial charge in [0.1, 0.15) is 31.2 Å². The molecule has 0 amide bonds. The van der Waals surface area contributed by atoms with Crippen LogP contribution in [0.2, 0.25) is 5.02 Å². The van der Waals surface area contributed by atoms with Gasteiger partial charge in [0, 0.05) is 10.4 Å². The first-order chi connectivity index (χ1) is 11.4. The minimum atomic E-state index is -1.17. The molecule has 1 aliphatic heterocycles. The number of halogens is 1. The third-order valence-corrected chi connectivity index (χ3v) is 5.01. The molecule has 0 aliphatic carbocycles. The van der Waals surface area contributed by atoms with Crippen LogP contribution in [0.1, 0.15) is 19.4 Å². The molecule has 7 heteroatoms. The van der Waals surface area contributed by atoms with Crippen molar-refractivity contribution in [1.29, 1.82) is 0 Å². The second-order valence-corrected chi connectivity index (χ2v) is 7.28. The van der Waals surface area contributed by atoms with E-state index in [0.29, 0.717) is 18.1 Å². The third kappa shape index (κ3) is 3.47. The number of hydrogen-bond acceptors (Lipinski definition) is 5. The van der Waals surface area contributed by atoms with E-state index in [1.807, 2.05) is 38.1 Å². The summed E-state index contributed by atoms with van der Waals surface area (Å²) in [6.45, 7) is 4.89. The lowest BCUT2D eigenvalue weighted by atomic mass is 9.68. The summed E-state index contributed by atoms with van der Waals surface area (Å²) >= 11 is 5.97. The number of aromatic nitrogens is 3. The molecule has 1 N–H and O–H groups in total. The van der Waals surface area contributed by atoms with Crippen LogP contribution in [-0.4, -0.2) is 45.0 Å². The van der Waals surface area contributed by atoms with Crippen LogP contribution in [0.5, 0.6) is 0 Å². The van der Waals surface area contributed by atoms with Crippen LogP contribution in [0.25, 0.3) is 0 Å². The monoisotopic (exact) mass is 351 g/mol. The molecule has 1 aromatic heterocycles. The van der Waals surface area contributed by atoms with Crippen LogP contribution in [0, 0.1) is 5.41 Å². The van der Waals surface area contributed by atoms with Gasteiger partial charge in [-0.1, -0.05) is 37.6 Å². The van der Waals surface area contributed by atoms with Gasteiger partial charge in [0.05, 0.1) is 13.2 Å². The van der Waals surface area contributed by atoms with Crippen molar-refractivity contribution in [2.75, 3.05) is 13.4 Å². The van der Waals surface area contributed by atoms with Gasteiger partial charge in [-0.3, -0.25) is 0 Å². The summed E-state index contributed by atoms with van der Waals surface area (Å²) in [7, 11) is 0. The fraction of sp³-hybridized carbons (Fsp3) is 0.529. The predicted octanol–water partition coefficient (Wildman–Crippen LogP) is 2.30. The number of nitrogens with zero attached hydrogens (tertiary/aromatic N) is 3. The lowest BCUT2D eigenvalue weighted by Crippen LogP contribution is -2.58. The van der Waals surface area contributed by atoms with Gasteiger partial charge in [-0.05, 0) is 24.1 Å². The summed E-state index contributed by atoms with van der Waals surface area (Å²) in [6.07, 6.45) is 3.29. The Bertz CT molecular complexity index is 654. The van der Waals surface area contributed by atoms with E-state index in [1.165, 1.54) is 6.33 Å². The topological polar surface area (TPSA) is 69.4 Å². The fourth-order valence-corrected chi connectivity index (χ4v) is 3.31. The van der Waals surface area contributed by atoms with E-state index in [-0.39, 0.29) is 13.3 Å². The smallest absolute Gasteiger partial charge is 0.147 e. The molecule has 2 atom stereocenters. The van der Waals surface area contributed by atoms with Crippen molar-refractivity contribution in [2.45, 2.75) is 38.5 Å². The predicted molar refractivity (Wildman–Crippen MR) is 89.6 cm³/mol. The average molecular weight is 352 g/mol. The van der Waals surface area contributed by atoms with Crippen molar-refractivity contribution in [1.82, 2.24) is 14.8 Å². The van der Waals surface area contributed by atoms with Gasteiger partial charge in [-0.25, -0.2) is 9.67 Å². The number of benzene rings is 1. The van der Waals surface area contributed by atoms with Crippen molar-refractivity contribution in [3.63, 3.8) is 0 Å². The van der Waals surface area contributed by atoms with Crippen molar-refractivity contribution in [3.8, 4) is 0 Å². The highest BCUT2D eigenvalue weighted by Crippen LogP contribution is 2.40. The Morgan fingerprint density at radius 1 is 1.33 bits per heavy atom. The molecule has 1 aliphatic rings. The third-order valence-electron chi connectivity index (χ3n) is 4.76. The molecular formula is C17H22ClN3O3. The van der Waals surface area contributed by atoms with Crippen molar-refractivity contribution in [3.05, 3.63) is 47.5 Å². The molecule has 2 aromatic rings. The zero-order valence-corrected chi connectivity index (χ0v) is 14.6. The molecule has 3 rings (SSSR count). The Labute approximate surface area is 146 Å². The summed E-state index contributed by atoms with van der Waals surface area (Å²) in [6, 6.07) is 7.68. The van der Waals surface area contributed by atoms with Gasteiger partial charge < -0.3 is 14.6 Å². The average Bonchev–Trinajstić information content (AvgIpc) is 3.22. The van der Waals surface area contributed by atoms with Crippen LogP contribution in [0.4, 0.5) is 0 Å². The Kier molecular flexibility index (Phi) is 4.92. The number of aliphatic hydroxyl groups is 1. The first kappa shape index (κ1) is 17.4. The molecule has 0 bridgehead atoms. The molecule has 0 spiro atoms. The van der Waals surface area contributed by atoms with Gasteiger partial charge in [-0.15, -0.1) is 0 Å². The minimum Gasteiger partial charge on any atom is -0.385 e. The van der Waals surface area contributed by atoms with E-state index in [2.05, 4.69) is 10.1 Å². The Morgan fingerprint density at radius 3 is 2.67 bits per heavy atom. The minimum absolute atomic E-state index is 0.196. The number of ether oxygens (including phenoxy) is 2. The highest BCUT2D eigenvalue weighted by molar-refractivity contribution is 6.30. The largest absolute Gasteiger partial charge is 0.385 e. The van der Waals surface area contributed by atoms with E-state index in [9.17, 15) is 5.11 Å². The van der Waals surface area contributed by atoms with Crippen LogP contribution in [0.15, 0.2) is 36.9 Å². The van der Waals surface area contributed by atoms with Crippen LogP contribution in [-0.2, 0) is 22.4 Å². The summed E-state index contributed by atoms with van der Waals surface area (Å²) in [5, 5.41) is 16.4. The van der Waals surface area contributed by atoms with E-state index in [4.69, 9.17) is 21.1 Å². The molecule has 6 nitrogen and oxygen atoms in total. The molecule has 24 heavy (non-hydrogen) atoms. The highest BCUT2D eigenvalue weighted by Gasteiger charge is 2.52. The van der Waals surface area contributed by atoms with Crippen LogP contribution in [0.3, 0.4) is 0 Å². The van der Waals surface area contributed by atoms with E-state index < -0.39 is 17.1 Å². The zero-order valence-electron chi connectivity index (χ0n) is 13.9. The number of rotatable bonds is 6. The maximum Gasteiger partial charge on any atom is 0.147 e. The zero-order chi connectivity index (χ0) is 17.2. The standard InChI is InChI=1S/C17H22ClN3O3/c1-16(2,7-13-3-5-14(18)6-4-13)17(22,15-8-23-12-24-15)9-21-11-19-10-20-21/h3-6,10-11,15,22H,7-9,12H2,1-2H3. The molecule has 0 saturated carbocycles. The van der Waals surface area contributed by atoms with Crippen molar-refractivity contribution >= 4 is 11.6 Å². The Hall–Kier alpha value is -1.47. The quantitative estimate of drug-likeness (QED) is 0.864. The fourth-order valence-electron chi connectivity index (χ4n) is 3.19. The summed E-state index contributed by atoms with van der Waals surface area (Å²) in [5.41, 5.74) is -0.567. The van der Waals surface area contributed by atoms with Gasteiger partial charge >= 0.3 is 0 Å². The summed E-state index contributed by atoms with van der Waals surface area (Å²) < 4.78 is 12.6. The molecule has 2 heterocycles. The molecule has 1 saturated heterocycles. The SMILES string of the molecule is CC(C)(Cc1ccc(Cl)cc1)C(O)(Cn1cncn1)C1COCO1. The normalized spacial score (nSPS) is 20.9. The molecular weight excluding hydrogens is 330 g/mol. The van der Waals surface area contributed by atoms with E-state index in [1.54, 1.807) is 11.0 Å². The van der Waals surface area contributed by atoms with Crippen LogP contribution < -0.4 is 0 Å². The molecule has 1 fully saturated rings. The second-order valence-electron chi connectivity index (χ2n) is 6.85. The van der Waals surface area contributed by atoms with Gasteiger partial charge in [-0.2, -0.15) is 5.10 Å². The van der Waals surface area contributed by atoms with Crippen molar-refractivity contribution in [2.24, 2.45) is 5.41 Å². The Balaban J connectivity index is 1.88. The number of hydrogen-bond donors (Lipinski definition) is 1. The molecule has 1 aromatic carbocycles. The van der Waals surface area contributed by atoms with Gasteiger partial charge in [0.15, 0.2) is 0 Å². The molecule has 0 radical (unpaired) electrons. The maximum absolute atomic E-state index is 11.6. The molecule has 130 valence electrons. The van der Waals surface area contributed by atoms with Gasteiger partial charge in [0.25, 0.3) is 0 Å². The van der Waals surface area contributed by atoms with E-state index >= 15 is 0 Å². The second kappa shape index (κ2) is 6.80.